The summed E-state index contributed by atoms with van der Waals surface area (Å²) in [5.74, 6) is 0.718. The van der Waals surface area contributed by atoms with Crippen LogP contribution in [-0.2, 0) is 27.8 Å². The number of benzene rings is 1. The molecule has 1 fully saturated rings. The van der Waals surface area contributed by atoms with E-state index < -0.39 is 6.10 Å². The summed E-state index contributed by atoms with van der Waals surface area (Å²) in [5, 5.41) is 9.83. The van der Waals surface area contributed by atoms with Crippen LogP contribution >= 0.6 is 0 Å². The monoisotopic (exact) mass is 346 g/mol. The summed E-state index contributed by atoms with van der Waals surface area (Å²) in [5.41, 5.74) is 3.61. The topological polar surface area (TPSA) is 55.8 Å². The molecule has 0 aromatic heterocycles. The van der Waals surface area contributed by atoms with Crippen LogP contribution in [0.4, 0.5) is 0 Å². The highest BCUT2D eigenvalue weighted by Crippen LogP contribution is 2.43. The van der Waals surface area contributed by atoms with E-state index in [2.05, 4.69) is 46.8 Å². The van der Waals surface area contributed by atoms with Gasteiger partial charge >= 0.3 is 5.97 Å². The molecule has 0 bridgehead atoms. The van der Waals surface area contributed by atoms with E-state index in [1.807, 2.05) is 0 Å². The van der Waals surface area contributed by atoms with Gasteiger partial charge in [0, 0.05) is 12.8 Å². The second-order valence-electron chi connectivity index (χ2n) is 9.11. The lowest BCUT2D eigenvalue weighted by Crippen LogP contribution is -2.33. The van der Waals surface area contributed by atoms with Crippen molar-refractivity contribution in [2.75, 3.05) is 0 Å². The molecule has 25 heavy (non-hydrogen) atoms. The van der Waals surface area contributed by atoms with Crippen molar-refractivity contribution in [3.63, 3.8) is 0 Å². The predicted molar refractivity (Wildman–Crippen MR) is 97.0 cm³/mol. The highest BCUT2D eigenvalue weighted by Gasteiger charge is 2.35. The molecule has 2 aliphatic rings. The van der Waals surface area contributed by atoms with Crippen molar-refractivity contribution in [1.29, 1.82) is 0 Å². The van der Waals surface area contributed by atoms with Crippen LogP contribution in [0.2, 0.25) is 0 Å². The molecule has 0 saturated carbocycles. The second-order valence-corrected chi connectivity index (χ2v) is 9.11. The first kappa shape index (κ1) is 18.2. The van der Waals surface area contributed by atoms with Gasteiger partial charge in [-0.05, 0) is 48.8 Å². The van der Waals surface area contributed by atoms with Crippen LogP contribution in [0.25, 0.3) is 0 Å². The lowest BCUT2D eigenvalue weighted by atomic mass is 9.80. The third kappa shape index (κ3) is 4.00. The fourth-order valence-corrected chi connectivity index (χ4v) is 4.01. The van der Waals surface area contributed by atoms with Gasteiger partial charge in [-0.1, -0.05) is 32.9 Å². The number of aliphatic hydroxyl groups excluding tert-OH is 1. The Morgan fingerprint density at radius 1 is 1.28 bits per heavy atom. The minimum Gasteiger partial charge on any atom is -0.487 e. The first-order chi connectivity index (χ1) is 11.5. The molecule has 2 aliphatic heterocycles. The first-order valence-corrected chi connectivity index (χ1v) is 9.27. The van der Waals surface area contributed by atoms with Gasteiger partial charge in [-0.15, -0.1) is 0 Å². The molecule has 0 amide bonds. The number of fused-ring (bicyclic) bond motifs is 1. The summed E-state index contributed by atoms with van der Waals surface area (Å²) in [6.45, 7) is 10.9. The zero-order chi connectivity index (χ0) is 18.4. The van der Waals surface area contributed by atoms with E-state index in [0.717, 1.165) is 18.6 Å². The van der Waals surface area contributed by atoms with Crippen LogP contribution in [0.15, 0.2) is 12.1 Å². The second kappa shape index (κ2) is 6.31. The van der Waals surface area contributed by atoms with Crippen LogP contribution in [0.1, 0.15) is 70.6 Å². The van der Waals surface area contributed by atoms with Gasteiger partial charge in [-0.2, -0.15) is 0 Å². The Morgan fingerprint density at radius 3 is 2.64 bits per heavy atom. The minimum absolute atomic E-state index is 0.0171. The molecule has 2 unspecified atom stereocenters. The SMILES string of the molecule is CC1(C)Cc2ccc(C(C)(C)C)c(CCC3CC(O)CC(=O)O3)c2O1. The number of carbonyl (C=O) groups is 1. The fraction of sp³-hybridized carbons (Fsp3) is 0.667. The number of hydrogen-bond acceptors (Lipinski definition) is 4. The van der Waals surface area contributed by atoms with Gasteiger partial charge in [-0.25, -0.2) is 0 Å². The van der Waals surface area contributed by atoms with Crippen molar-refractivity contribution < 1.29 is 19.4 Å². The van der Waals surface area contributed by atoms with E-state index in [1.165, 1.54) is 16.7 Å². The lowest BCUT2D eigenvalue weighted by molar-refractivity contribution is -0.160. The number of hydrogen-bond donors (Lipinski definition) is 1. The Labute approximate surface area is 150 Å². The van der Waals surface area contributed by atoms with E-state index in [4.69, 9.17) is 9.47 Å². The van der Waals surface area contributed by atoms with Gasteiger partial charge in [-0.3, -0.25) is 4.79 Å². The van der Waals surface area contributed by atoms with Crippen molar-refractivity contribution in [3.05, 3.63) is 28.8 Å². The summed E-state index contributed by atoms with van der Waals surface area (Å²) < 4.78 is 11.7. The smallest absolute Gasteiger partial charge is 0.308 e. The quantitative estimate of drug-likeness (QED) is 0.848. The Balaban J connectivity index is 1.87. The maximum atomic E-state index is 11.6. The lowest BCUT2D eigenvalue weighted by Gasteiger charge is -2.28. The highest BCUT2D eigenvalue weighted by atomic mass is 16.5. The summed E-state index contributed by atoms with van der Waals surface area (Å²) in [7, 11) is 0. The molecule has 0 radical (unpaired) electrons. The molecule has 0 aliphatic carbocycles. The number of esters is 1. The number of rotatable bonds is 3. The summed E-state index contributed by atoms with van der Waals surface area (Å²) in [4.78, 5) is 11.6. The average molecular weight is 346 g/mol. The highest BCUT2D eigenvalue weighted by molar-refractivity contribution is 5.71. The maximum Gasteiger partial charge on any atom is 0.308 e. The first-order valence-electron chi connectivity index (χ1n) is 9.27. The van der Waals surface area contributed by atoms with Crippen LogP contribution in [0, 0.1) is 0 Å². The van der Waals surface area contributed by atoms with Crippen molar-refractivity contribution in [2.45, 2.75) is 89.9 Å². The Hall–Kier alpha value is -1.55. The number of cyclic esters (lactones) is 1. The summed E-state index contributed by atoms with van der Waals surface area (Å²) in [6, 6.07) is 4.42. The van der Waals surface area contributed by atoms with E-state index in [0.29, 0.717) is 12.8 Å². The Kier molecular flexibility index (Phi) is 4.61. The predicted octanol–water partition coefficient (Wildman–Crippen LogP) is 3.70. The van der Waals surface area contributed by atoms with E-state index in [1.54, 1.807) is 0 Å². The van der Waals surface area contributed by atoms with Crippen LogP contribution in [0.5, 0.6) is 5.75 Å². The number of aliphatic hydroxyl groups is 1. The van der Waals surface area contributed by atoms with Crippen LogP contribution in [-0.4, -0.2) is 28.9 Å². The van der Waals surface area contributed by atoms with E-state index in [9.17, 15) is 9.90 Å². The number of carbonyl (C=O) groups excluding carboxylic acids is 1. The van der Waals surface area contributed by atoms with Gasteiger partial charge in [0.15, 0.2) is 0 Å². The molecule has 3 rings (SSSR count). The van der Waals surface area contributed by atoms with Gasteiger partial charge < -0.3 is 14.6 Å². The number of ether oxygens (including phenoxy) is 2. The third-order valence-corrected chi connectivity index (χ3v) is 5.10. The fourth-order valence-electron chi connectivity index (χ4n) is 4.01. The molecule has 1 N–H and O–H groups in total. The molecule has 4 heteroatoms. The zero-order valence-electron chi connectivity index (χ0n) is 16.0. The van der Waals surface area contributed by atoms with Gasteiger partial charge in [0.2, 0.25) is 0 Å². The molecule has 1 saturated heterocycles. The van der Waals surface area contributed by atoms with E-state index in [-0.39, 0.29) is 29.5 Å². The summed E-state index contributed by atoms with van der Waals surface area (Å²) >= 11 is 0. The Bertz CT molecular complexity index is 669. The van der Waals surface area contributed by atoms with E-state index >= 15 is 0 Å². The maximum absolute atomic E-state index is 11.6. The van der Waals surface area contributed by atoms with Crippen LogP contribution < -0.4 is 4.74 Å². The van der Waals surface area contributed by atoms with Crippen molar-refractivity contribution in [2.24, 2.45) is 0 Å². The standard InChI is InChI=1S/C21H30O4/c1-20(2,3)17-9-6-13-12-21(4,5)25-19(13)16(17)8-7-15-10-14(22)11-18(23)24-15/h6,9,14-15,22H,7-8,10-12H2,1-5H3. The van der Waals surface area contributed by atoms with Crippen molar-refractivity contribution in [1.82, 2.24) is 0 Å². The molecule has 4 nitrogen and oxygen atoms in total. The van der Waals surface area contributed by atoms with Gasteiger partial charge in [0.05, 0.1) is 12.5 Å². The molecule has 1 aromatic rings. The van der Waals surface area contributed by atoms with Crippen molar-refractivity contribution in [3.8, 4) is 5.75 Å². The largest absolute Gasteiger partial charge is 0.487 e. The normalized spacial score (nSPS) is 25.3. The molecule has 1 aromatic carbocycles. The molecule has 138 valence electrons. The molecular formula is C21H30O4. The molecular weight excluding hydrogens is 316 g/mol. The van der Waals surface area contributed by atoms with Gasteiger partial charge in [0.1, 0.15) is 17.5 Å². The summed E-state index contributed by atoms with van der Waals surface area (Å²) in [6.07, 6.45) is 2.26. The van der Waals surface area contributed by atoms with Crippen molar-refractivity contribution >= 4 is 5.97 Å². The minimum atomic E-state index is -0.579. The molecule has 2 atom stereocenters. The third-order valence-electron chi connectivity index (χ3n) is 5.10. The van der Waals surface area contributed by atoms with Gasteiger partial charge in [0.25, 0.3) is 0 Å². The zero-order valence-corrected chi connectivity index (χ0v) is 16.0. The average Bonchev–Trinajstić information content (AvgIpc) is 2.76. The Morgan fingerprint density at radius 2 is 2.00 bits per heavy atom. The molecule has 0 spiro atoms. The molecule has 2 heterocycles. The van der Waals surface area contributed by atoms with Crippen LogP contribution in [0.3, 0.4) is 0 Å².